The smallest absolute Gasteiger partial charge is 0.265 e. The Labute approximate surface area is 126 Å². The molecular weight excluding hydrogens is 266 g/mol. The van der Waals surface area contributed by atoms with Crippen molar-refractivity contribution in [1.29, 1.82) is 0 Å². The number of hydrazine groups is 1. The van der Waals surface area contributed by atoms with E-state index < -0.39 is 0 Å². The highest BCUT2D eigenvalue weighted by atomic mass is 16.5. The zero-order chi connectivity index (χ0) is 15.4. The van der Waals surface area contributed by atoms with E-state index in [0.29, 0.717) is 35.7 Å². The lowest BCUT2D eigenvalue weighted by atomic mass is 10.00. The Morgan fingerprint density at radius 1 is 1.38 bits per heavy atom. The Balaban J connectivity index is 2.07. The van der Waals surface area contributed by atoms with Gasteiger partial charge in [0.2, 0.25) is 0 Å². The number of hydrogen-bond donors (Lipinski definition) is 2. The van der Waals surface area contributed by atoms with Gasteiger partial charge in [-0.25, -0.2) is 5.01 Å². The Morgan fingerprint density at radius 2 is 2.05 bits per heavy atom. The molecule has 0 aromatic heterocycles. The molecule has 2 unspecified atom stereocenters. The molecule has 0 aliphatic carbocycles. The molecule has 1 aliphatic rings. The van der Waals surface area contributed by atoms with E-state index >= 15 is 0 Å². The molecule has 1 saturated heterocycles. The van der Waals surface area contributed by atoms with Gasteiger partial charge in [0.1, 0.15) is 5.75 Å². The third kappa shape index (κ3) is 3.67. The van der Waals surface area contributed by atoms with Crippen LogP contribution in [0.4, 0.5) is 5.69 Å². The average Bonchev–Trinajstić information content (AvgIpc) is 2.45. The number of amides is 1. The number of benzene rings is 1. The topological polar surface area (TPSA) is 67.6 Å². The molecule has 1 aromatic rings. The number of rotatable bonds is 4. The molecule has 5 heteroatoms. The van der Waals surface area contributed by atoms with Crippen molar-refractivity contribution >= 4 is 11.6 Å². The van der Waals surface area contributed by atoms with Crippen LogP contribution >= 0.6 is 0 Å². The van der Waals surface area contributed by atoms with Gasteiger partial charge in [0, 0.05) is 17.6 Å². The standard InChI is InChI=1S/C16H25N3O2/c1-4-21-15-9-8-13(10-14(15)17)16(20)18-19-11(2)6-5-7-12(19)3/h8-12H,4-7,17H2,1-3H3,(H,18,20). The molecule has 2 atom stereocenters. The number of piperidine rings is 1. The number of nitrogens with zero attached hydrogens (tertiary/aromatic N) is 1. The van der Waals surface area contributed by atoms with E-state index in [1.54, 1.807) is 18.2 Å². The van der Waals surface area contributed by atoms with Crippen molar-refractivity contribution in [2.24, 2.45) is 0 Å². The molecule has 0 spiro atoms. The molecule has 116 valence electrons. The second-order valence-corrected chi connectivity index (χ2v) is 5.66. The van der Waals surface area contributed by atoms with Gasteiger partial charge in [0.25, 0.3) is 5.91 Å². The number of carbonyl (C=O) groups is 1. The van der Waals surface area contributed by atoms with Crippen molar-refractivity contribution in [2.75, 3.05) is 12.3 Å². The summed E-state index contributed by atoms with van der Waals surface area (Å²) >= 11 is 0. The van der Waals surface area contributed by atoms with Crippen LogP contribution in [0.1, 0.15) is 50.4 Å². The van der Waals surface area contributed by atoms with E-state index in [0.717, 1.165) is 12.8 Å². The molecule has 1 heterocycles. The summed E-state index contributed by atoms with van der Waals surface area (Å²) in [5, 5.41) is 2.05. The molecule has 1 aromatic carbocycles. The van der Waals surface area contributed by atoms with Crippen LogP contribution in [0.25, 0.3) is 0 Å². The molecule has 21 heavy (non-hydrogen) atoms. The number of nitrogens with one attached hydrogen (secondary N) is 1. The number of nitrogens with two attached hydrogens (primary N) is 1. The van der Waals surface area contributed by atoms with Gasteiger partial charge < -0.3 is 10.5 Å². The minimum Gasteiger partial charge on any atom is -0.492 e. The Bertz CT molecular complexity index is 494. The normalized spacial score (nSPS) is 22.8. The molecule has 0 bridgehead atoms. The summed E-state index contributed by atoms with van der Waals surface area (Å²) < 4.78 is 5.39. The van der Waals surface area contributed by atoms with Crippen molar-refractivity contribution in [3.63, 3.8) is 0 Å². The van der Waals surface area contributed by atoms with E-state index in [9.17, 15) is 4.79 Å². The second kappa shape index (κ2) is 6.80. The fraction of sp³-hybridized carbons (Fsp3) is 0.562. The molecule has 2 rings (SSSR count). The first kappa shape index (κ1) is 15.6. The van der Waals surface area contributed by atoms with Gasteiger partial charge in [-0.3, -0.25) is 10.2 Å². The van der Waals surface area contributed by atoms with Gasteiger partial charge in [-0.05, 0) is 51.8 Å². The highest BCUT2D eigenvalue weighted by molar-refractivity contribution is 5.95. The Kier molecular flexibility index (Phi) is 5.07. The lowest BCUT2D eigenvalue weighted by Crippen LogP contribution is -2.54. The largest absolute Gasteiger partial charge is 0.492 e. The minimum absolute atomic E-state index is 0.120. The quantitative estimate of drug-likeness (QED) is 0.837. The average molecular weight is 291 g/mol. The van der Waals surface area contributed by atoms with Gasteiger partial charge in [-0.15, -0.1) is 0 Å². The Hall–Kier alpha value is -1.75. The molecule has 5 nitrogen and oxygen atoms in total. The summed E-state index contributed by atoms with van der Waals surface area (Å²) in [5.41, 5.74) is 9.97. The first-order chi connectivity index (χ1) is 10.0. The Morgan fingerprint density at radius 3 is 2.62 bits per heavy atom. The van der Waals surface area contributed by atoms with Crippen molar-refractivity contribution in [2.45, 2.75) is 52.1 Å². The third-order valence-corrected chi connectivity index (χ3v) is 4.00. The monoisotopic (exact) mass is 291 g/mol. The van der Waals surface area contributed by atoms with Crippen LogP contribution in [-0.4, -0.2) is 29.6 Å². The van der Waals surface area contributed by atoms with Crippen molar-refractivity contribution in [3.8, 4) is 5.75 Å². The summed E-state index contributed by atoms with van der Waals surface area (Å²) in [6.07, 6.45) is 3.43. The molecule has 1 aliphatic heterocycles. The van der Waals surface area contributed by atoms with Crippen LogP contribution in [0.3, 0.4) is 0 Å². The van der Waals surface area contributed by atoms with E-state index in [1.165, 1.54) is 6.42 Å². The van der Waals surface area contributed by atoms with Gasteiger partial charge in [0.15, 0.2) is 0 Å². The highest BCUT2D eigenvalue weighted by Gasteiger charge is 2.26. The van der Waals surface area contributed by atoms with Crippen molar-refractivity contribution in [1.82, 2.24) is 10.4 Å². The van der Waals surface area contributed by atoms with Crippen LogP contribution in [-0.2, 0) is 0 Å². The van der Waals surface area contributed by atoms with E-state index in [-0.39, 0.29) is 5.91 Å². The summed E-state index contributed by atoms with van der Waals surface area (Å²) in [7, 11) is 0. The van der Waals surface area contributed by atoms with Crippen LogP contribution in [0.5, 0.6) is 5.75 Å². The molecule has 1 amide bonds. The number of anilines is 1. The summed E-state index contributed by atoms with van der Waals surface area (Å²) in [5.74, 6) is 0.499. The summed E-state index contributed by atoms with van der Waals surface area (Å²) in [4.78, 5) is 12.4. The highest BCUT2D eigenvalue weighted by Crippen LogP contribution is 2.24. The number of hydrogen-bond acceptors (Lipinski definition) is 4. The number of carbonyl (C=O) groups excluding carboxylic acids is 1. The first-order valence-corrected chi connectivity index (χ1v) is 7.64. The lowest BCUT2D eigenvalue weighted by molar-refractivity contribution is 0.0370. The van der Waals surface area contributed by atoms with Crippen LogP contribution < -0.4 is 15.9 Å². The molecular formula is C16H25N3O2. The van der Waals surface area contributed by atoms with Crippen LogP contribution in [0.2, 0.25) is 0 Å². The number of ether oxygens (including phenoxy) is 1. The SMILES string of the molecule is CCOc1ccc(C(=O)NN2C(C)CCCC2C)cc1N. The predicted octanol–water partition coefficient (Wildman–Crippen LogP) is 2.58. The minimum atomic E-state index is -0.120. The lowest BCUT2D eigenvalue weighted by Gasteiger charge is -2.38. The fourth-order valence-corrected chi connectivity index (χ4v) is 2.80. The molecule has 3 N–H and O–H groups in total. The second-order valence-electron chi connectivity index (χ2n) is 5.66. The maximum Gasteiger partial charge on any atom is 0.265 e. The first-order valence-electron chi connectivity index (χ1n) is 7.64. The molecule has 0 saturated carbocycles. The van der Waals surface area contributed by atoms with Gasteiger partial charge in [-0.2, -0.15) is 0 Å². The van der Waals surface area contributed by atoms with Crippen molar-refractivity contribution in [3.05, 3.63) is 23.8 Å². The van der Waals surface area contributed by atoms with E-state index in [2.05, 4.69) is 24.3 Å². The maximum absolute atomic E-state index is 12.4. The van der Waals surface area contributed by atoms with Gasteiger partial charge in [0.05, 0.1) is 12.3 Å². The van der Waals surface area contributed by atoms with Crippen LogP contribution in [0, 0.1) is 0 Å². The van der Waals surface area contributed by atoms with E-state index in [1.807, 2.05) is 6.92 Å². The third-order valence-electron chi connectivity index (χ3n) is 4.00. The summed E-state index contributed by atoms with van der Waals surface area (Å²) in [6.45, 7) is 6.74. The van der Waals surface area contributed by atoms with Gasteiger partial charge in [-0.1, -0.05) is 6.42 Å². The van der Waals surface area contributed by atoms with E-state index in [4.69, 9.17) is 10.5 Å². The summed E-state index contributed by atoms with van der Waals surface area (Å²) in [6, 6.07) is 5.88. The van der Waals surface area contributed by atoms with Crippen molar-refractivity contribution < 1.29 is 9.53 Å². The zero-order valence-corrected chi connectivity index (χ0v) is 13.1. The zero-order valence-electron chi connectivity index (χ0n) is 13.1. The molecule has 0 radical (unpaired) electrons. The maximum atomic E-state index is 12.4. The van der Waals surface area contributed by atoms with Crippen LogP contribution in [0.15, 0.2) is 18.2 Å². The fourth-order valence-electron chi connectivity index (χ4n) is 2.80. The van der Waals surface area contributed by atoms with Gasteiger partial charge >= 0.3 is 0 Å². The predicted molar refractivity (Wildman–Crippen MR) is 84.1 cm³/mol. The molecule has 1 fully saturated rings. The number of nitrogen functional groups attached to an aromatic ring is 1.